The molecule has 0 heterocycles. The van der Waals surface area contributed by atoms with Gasteiger partial charge in [-0.1, -0.05) is 41.6 Å². The minimum absolute atomic E-state index is 0.0596. The lowest BCUT2D eigenvalue weighted by molar-refractivity contribution is 0.215. The van der Waals surface area contributed by atoms with Crippen LogP contribution in [0.5, 0.6) is 11.5 Å². The van der Waals surface area contributed by atoms with Crippen LogP contribution in [0.4, 0.5) is 0 Å². The van der Waals surface area contributed by atoms with Crippen LogP contribution in [0.1, 0.15) is 42.2 Å². The first-order valence-electron chi connectivity index (χ1n) is 8.73. The maximum absolute atomic E-state index is 6.24. The fourth-order valence-electron chi connectivity index (χ4n) is 2.63. The van der Waals surface area contributed by atoms with Crippen molar-refractivity contribution in [3.63, 3.8) is 0 Å². The first-order valence-corrected chi connectivity index (χ1v) is 8.73. The first kappa shape index (κ1) is 19.6. The second-order valence-corrected chi connectivity index (χ2v) is 6.11. The summed E-state index contributed by atoms with van der Waals surface area (Å²) in [5.74, 6) is 1.76. The summed E-state index contributed by atoms with van der Waals surface area (Å²) in [6.07, 6.45) is 5.58. The van der Waals surface area contributed by atoms with E-state index < -0.39 is 0 Å². The lowest BCUT2D eigenvalue weighted by Crippen LogP contribution is -2.06. The van der Waals surface area contributed by atoms with Gasteiger partial charge in [-0.05, 0) is 62.1 Å². The summed E-state index contributed by atoms with van der Waals surface area (Å²) in [5, 5.41) is 3.77. The Hall–Kier alpha value is -2.75. The van der Waals surface area contributed by atoms with E-state index in [1.165, 1.54) is 7.11 Å². The van der Waals surface area contributed by atoms with Gasteiger partial charge in [-0.15, -0.1) is 0 Å². The van der Waals surface area contributed by atoms with Crippen molar-refractivity contribution in [2.45, 2.75) is 33.8 Å². The smallest absolute Gasteiger partial charge is 0.126 e. The minimum Gasteiger partial charge on any atom is -0.490 e. The molecule has 2 rings (SSSR count). The van der Waals surface area contributed by atoms with Crippen LogP contribution in [0.3, 0.4) is 0 Å². The number of rotatable bonds is 8. The highest BCUT2D eigenvalue weighted by molar-refractivity contribution is 5.79. The predicted octanol–water partition coefficient (Wildman–Crippen LogP) is 5.38. The van der Waals surface area contributed by atoms with Crippen LogP contribution in [0.25, 0.3) is 0 Å². The molecule has 1 unspecified atom stereocenters. The van der Waals surface area contributed by atoms with Crippen LogP contribution in [0.2, 0.25) is 0 Å². The Bertz CT molecular complexity index is 740. The molecule has 0 saturated heterocycles. The molecule has 0 fully saturated rings. The van der Waals surface area contributed by atoms with Crippen LogP contribution in [-0.2, 0) is 4.84 Å². The topological polar surface area (TPSA) is 40.0 Å². The van der Waals surface area contributed by atoms with Crippen molar-refractivity contribution in [2.75, 3.05) is 13.7 Å². The van der Waals surface area contributed by atoms with E-state index in [1.807, 2.05) is 76.2 Å². The van der Waals surface area contributed by atoms with E-state index in [0.29, 0.717) is 6.61 Å². The molecule has 1 atom stereocenters. The van der Waals surface area contributed by atoms with Crippen molar-refractivity contribution in [3.8, 4) is 11.5 Å². The van der Waals surface area contributed by atoms with Gasteiger partial charge in [0.1, 0.15) is 31.3 Å². The van der Waals surface area contributed by atoms with Crippen LogP contribution in [-0.4, -0.2) is 19.9 Å². The van der Waals surface area contributed by atoms with Crippen LogP contribution < -0.4 is 9.47 Å². The van der Waals surface area contributed by atoms with Gasteiger partial charge in [0.15, 0.2) is 0 Å². The maximum Gasteiger partial charge on any atom is 0.126 e. The molecule has 0 aliphatic carbocycles. The fraction of sp³-hybridized carbons (Fsp3) is 0.318. The summed E-state index contributed by atoms with van der Waals surface area (Å²) in [5.41, 5.74) is 4.22. The number of allylic oxidation sites excluding steroid dienone is 1. The van der Waals surface area contributed by atoms with Crippen molar-refractivity contribution in [1.29, 1.82) is 0 Å². The molecule has 0 aliphatic rings. The lowest BCUT2D eigenvalue weighted by Gasteiger charge is -2.20. The van der Waals surface area contributed by atoms with Gasteiger partial charge in [0.2, 0.25) is 0 Å². The van der Waals surface area contributed by atoms with E-state index in [9.17, 15) is 0 Å². The molecule has 4 nitrogen and oxygen atoms in total. The summed E-state index contributed by atoms with van der Waals surface area (Å²) in [6, 6.07) is 12.1. The molecule has 2 aromatic rings. The predicted molar refractivity (Wildman–Crippen MR) is 106 cm³/mol. The summed E-state index contributed by atoms with van der Waals surface area (Å²) in [7, 11) is 1.53. The van der Waals surface area contributed by atoms with E-state index in [2.05, 4.69) is 5.16 Å². The van der Waals surface area contributed by atoms with Gasteiger partial charge >= 0.3 is 0 Å². The molecule has 0 saturated carbocycles. The SMILES string of the molecule is C/C=C/COc1cc(C)c(OC(C)c2ccc(C=NOC)cc2)c(C)c1. The maximum atomic E-state index is 6.24. The summed E-state index contributed by atoms with van der Waals surface area (Å²) >= 11 is 0. The van der Waals surface area contributed by atoms with Crippen molar-refractivity contribution >= 4 is 6.21 Å². The zero-order valence-electron chi connectivity index (χ0n) is 16.2. The van der Waals surface area contributed by atoms with E-state index in [-0.39, 0.29) is 6.10 Å². The molecule has 0 bridgehead atoms. The Morgan fingerprint density at radius 2 is 1.73 bits per heavy atom. The van der Waals surface area contributed by atoms with Crippen molar-refractivity contribution in [3.05, 3.63) is 70.8 Å². The normalized spacial score (nSPS) is 12.5. The van der Waals surface area contributed by atoms with Gasteiger partial charge in [0, 0.05) is 0 Å². The number of nitrogens with zero attached hydrogens (tertiary/aromatic N) is 1. The Morgan fingerprint density at radius 3 is 2.31 bits per heavy atom. The number of oxime groups is 1. The summed E-state index contributed by atoms with van der Waals surface area (Å²) in [4.78, 5) is 4.70. The minimum atomic E-state index is -0.0596. The van der Waals surface area contributed by atoms with Crippen molar-refractivity contribution < 1.29 is 14.3 Å². The van der Waals surface area contributed by atoms with Crippen LogP contribution in [0.15, 0.2) is 53.7 Å². The standard InChI is InChI=1S/C22H27NO3/c1-6-7-12-25-21-13-16(2)22(17(3)14-21)26-18(4)20-10-8-19(9-11-20)15-23-24-5/h6-11,13-15,18H,12H2,1-5H3/b7-6+,23-15?. The molecule has 138 valence electrons. The Kier molecular flexibility index (Phi) is 7.27. The Morgan fingerprint density at radius 1 is 1.08 bits per heavy atom. The molecule has 0 aliphatic heterocycles. The molecule has 0 amide bonds. The van der Waals surface area contributed by atoms with Crippen molar-refractivity contribution in [2.24, 2.45) is 5.16 Å². The van der Waals surface area contributed by atoms with Gasteiger partial charge in [0.05, 0.1) is 6.21 Å². The summed E-state index contributed by atoms with van der Waals surface area (Å²) in [6.45, 7) is 8.69. The van der Waals surface area contributed by atoms with Gasteiger partial charge in [-0.25, -0.2) is 0 Å². The number of hydrogen-bond donors (Lipinski definition) is 0. The Balaban J connectivity index is 2.10. The van der Waals surface area contributed by atoms with Gasteiger partial charge in [0.25, 0.3) is 0 Å². The second-order valence-electron chi connectivity index (χ2n) is 6.11. The van der Waals surface area contributed by atoms with Gasteiger partial charge in [-0.3, -0.25) is 0 Å². The lowest BCUT2D eigenvalue weighted by atomic mass is 10.1. The van der Waals surface area contributed by atoms with E-state index in [4.69, 9.17) is 14.3 Å². The highest BCUT2D eigenvalue weighted by Crippen LogP contribution is 2.32. The Labute approximate surface area is 156 Å². The average molecular weight is 353 g/mol. The molecule has 0 radical (unpaired) electrons. The highest BCUT2D eigenvalue weighted by atomic mass is 16.6. The summed E-state index contributed by atoms with van der Waals surface area (Å²) < 4.78 is 12.0. The zero-order chi connectivity index (χ0) is 18.9. The molecule has 26 heavy (non-hydrogen) atoms. The highest BCUT2D eigenvalue weighted by Gasteiger charge is 2.13. The largest absolute Gasteiger partial charge is 0.490 e. The number of ether oxygens (including phenoxy) is 2. The number of aryl methyl sites for hydroxylation is 2. The van der Waals surface area contributed by atoms with Crippen molar-refractivity contribution in [1.82, 2.24) is 0 Å². The van der Waals surface area contributed by atoms with Crippen LogP contribution >= 0.6 is 0 Å². The van der Waals surface area contributed by atoms with E-state index in [1.54, 1.807) is 6.21 Å². The molecular formula is C22H27NO3. The van der Waals surface area contributed by atoms with E-state index in [0.717, 1.165) is 33.8 Å². The molecule has 0 aromatic heterocycles. The number of hydrogen-bond acceptors (Lipinski definition) is 4. The van der Waals surface area contributed by atoms with Gasteiger partial charge < -0.3 is 14.3 Å². The second kappa shape index (κ2) is 9.66. The molecule has 4 heteroatoms. The monoisotopic (exact) mass is 353 g/mol. The average Bonchev–Trinajstić information content (AvgIpc) is 2.63. The third-order valence-corrected chi connectivity index (χ3v) is 4.02. The van der Waals surface area contributed by atoms with E-state index >= 15 is 0 Å². The third kappa shape index (κ3) is 5.38. The fourth-order valence-corrected chi connectivity index (χ4v) is 2.63. The third-order valence-electron chi connectivity index (χ3n) is 4.02. The number of benzene rings is 2. The molecule has 2 aromatic carbocycles. The van der Waals surface area contributed by atoms with Gasteiger partial charge in [-0.2, -0.15) is 0 Å². The molecule has 0 N–H and O–H groups in total. The first-order chi connectivity index (χ1) is 12.5. The quantitative estimate of drug-likeness (QED) is 0.363. The molecular weight excluding hydrogens is 326 g/mol. The molecule has 0 spiro atoms. The zero-order valence-corrected chi connectivity index (χ0v) is 16.2. The van der Waals surface area contributed by atoms with Crippen LogP contribution in [0, 0.1) is 13.8 Å².